The molecule has 1 fully saturated rings. The molecule has 1 saturated carbocycles. The number of hydrazone groups is 1. The lowest BCUT2D eigenvalue weighted by atomic mass is 9.94. The summed E-state index contributed by atoms with van der Waals surface area (Å²) in [6.45, 7) is 15.8. The highest BCUT2D eigenvalue weighted by Crippen LogP contribution is 2.27. The van der Waals surface area contributed by atoms with E-state index in [9.17, 15) is 0 Å². The Kier molecular flexibility index (Phi) is 9.78. The summed E-state index contributed by atoms with van der Waals surface area (Å²) in [6.07, 6.45) is 21.1. The van der Waals surface area contributed by atoms with E-state index < -0.39 is 0 Å². The van der Waals surface area contributed by atoms with Crippen LogP contribution < -0.4 is 0 Å². The summed E-state index contributed by atoms with van der Waals surface area (Å²) in [5.41, 5.74) is 4.96. The molecule has 0 aromatic heterocycles. The number of hydrogen-bond donors (Lipinski definition) is 0. The Bertz CT molecular complexity index is 918. The van der Waals surface area contributed by atoms with Crippen LogP contribution >= 0.6 is 0 Å². The zero-order valence-corrected chi connectivity index (χ0v) is 19.1. The number of hydrogen-bond acceptors (Lipinski definition) is 2. The van der Waals surface area contributed by atoms with Crippen LogP contribution in [0.1, 0.15) is 63.0 Å². The first-order chi connectivity index (χ1) is 15.0. The van der Waals surface area contributed by atoms with Crippen molar-refractivity contribution >= 4 is 24.3 Å². The fourth-order valence-electron chi connectivity index (χ4n) is 3.86. The van der Waals surface area contributed by atoms with Crippen LogP contribution in [0.3, 0.4) is 0 Å². The fourth-order valence-corrected chi connectivity index (χ4v) is 3.86. The predicted molar refractivity (Wildman–Crippen MR) is 137 cm³/mol. The van der Waals surface area contributed by atoms with Gasteiger partial charge in [0, 0.05) is 12.3 Å². The average Bonchev–Trinajstić information content (AvgIpc) is 2.80. The van der Waals surface area contributed by atoms with Crippen molar-refractivity contribution in [3.05, 3.63) is 71.9 Å². The molecule has 0 N–H and O–H groups in total. The molecule has 1 aliphatic carbocycles. The molecule has 162 valence electrons. The number of amidine groups is 1. The molecule has 1 aromatic carbocycles. The van der Waals surface area contributed by atoms with Gasteiger partial charge in [-0.2, -0.15) is 5.10 Å². The molecule has 0 radical (unpaired) electrons. The van der Waals surface area contributed by atoms with Gasteiger partial charge in [0.2, 0.25) is 0 Å². The molecule has 3 nitrogen and oxygen atoms in total. The lowest BCUT2D eigenvalue weighted by molar-refractivity contribution is 0.253. The average molecular weight is 414 g/mol. The van der Waals surface area contributed by atoms with Gasteiger partial charge in [-0.3, -0.25) is 0 Å². The van der Waals surface area contributed by atoms with E-state index in [0.717, 1.165) is 53.9 Å². The standard InChI is InChI=1S/C28H35N3/c1-7-14-25(16-13-15-22(4)8-2)28(31(29-6)27-17-11-10-12-18-27)30-26-20-19-23(5)24(9-3)21-26/h2,7,9,14,16,19-21,27H,3-4,6,10-13,15,17-18H2,1,5H3/b14-7-,25-16+,30-28-. The Labute approximate surface area is 188 Å². The summed E-state index contributed by atoms with van der Waals surface area (Å²) in [5, 5.41) is 6.46. The zero-order chi connectivity index (χ0) is 22.6. The van der Waals surface area contributed by atoms with Gasteiger partial charge in [-0.05, 0) is 68.4 Å². The highest BCUT2D eigenvalue weighted by Gasteiger charge is 2.25. The Morgan fingerprint density at radius 3 is 2.65 bits per heavy atom. The molecule has 1 aliphatic rings. The van der Waals surface area contributed by atoms with Crippen LogP contribution in [0.2, 0.25) is 0 Å². The second-order valence-electron chi connectivity index (χ2n) is 7.90. The van der Waals surface area contributed by atoms with Crippen LogP contribution in [-0.2, 0) is 0 Å². The van der Waals surface area contributed by atoms with Gasteiger partial charge in [0.15, 0.2) is 5.84 Å². The third kappa shape index (κ3) is 6.96. The van der Waals surface area contributed by atoms with Crippen molar-refractivity contribution in [3.8, 4) is 12.3 Å². The molecule has 0 spiro atoms. The lowest BCUT2D eigenvalue weighted by Crippen LogP contribution is -2.38. The minimum Gasteiger partial charge on any atom is -0.245 e. The first-order valence-corrected chi connectivity index (χ1v) is 11.1. The summed E-state index contributed by atoms with van der Waals surface area (Å²) in [5.74, 6) is 3.45. The molecule has 0 aliphatic heterocycles. The van der Waals surface area contributed by atoms with E-state index in [4.69, 9.17) is 11.4 Å². The van der Waals surface area contributed by atoms with E-state index in [1.54, 1.807) is 0 Å². The van der Waals surface area contributed by atoms with Crippen molar-refractivity contribution in [2.24, 2.45) is 10.1 Å². The van der Waals surface area contributed by atoms with Gasteiger partial charge in [-0.15, -0.1) is 6.42 Å². The molecule has 1 aromatic rings. The Balaban J connectivity index is 2.54. The fraction of sp³-hybridized carbons (Fsp3) is 0.357. The number of benzene rings is 1. The molecule has 0 atom stereocenters. The highest BCUT2D eigenvalue weighted by molar-refractivity contribution is 6.02. The molecule has 0 heterocycles. The summed E-state index contributed by atoms with van der Waals surface area (Å²) in [4.78, 5) is 5.07. The summed E-state index contributed by atoms with van der Waals surface area (Å²) in [6, 6.07) is 6.50. The van der Waals surface area contributed by atoms with Gasteiger partial charge in [0.1, 0.15) is 0 Å². The second-order valence-corrected chi connectivity index (χ2v) is 7.90. The van der Waals surface area contributed by atoms with Gasteiger partial charge < -0.3 is 0 Å². The number of terminal acetylenes is 1. The van der Waals surface area contributed by atoms with E-state index in [2.05, 4.69) is 62.1 Å². The van der Waals surface area contributed by atoms with Crippen LogP contribution in [0.15, 0.2) is 70.8 Å². The zero-order valence-electron chi connectivity index (χ0n) is 19.1. The number of allylic oxidation sites excluding steroid dienone is 3. The van der Waals surface area contributed by atoms with Crippen molar-refractivity contribution in [1.29, 1.82) is 0 Å². The maximum atomic E-state index is 5.47. The maximum Gasteiger partial charge on any atom is 0.156 e. The minimum atomic E-state index is 0.309. The van der Waals surface area contributed by atoms with Crippen LogP contribution in [-0.4, -0.2) is 23.6 Å². The van der Waals surface area contributed by atoms with Crippen LogP contribution in [0, 0.1) is 19.3 Å². The Morgan fingerprint density at radius 2 is 2.03 bits per heavy atom. The lowest BCUT2D eigenvalue weighted by Gasteiger charge is -2.33. The molecular formula is C28H35N3. The molecular weight excluding hydrogens is 378 g/mol. The minimum absolute atomic E-state index is 0.309. The monoisotopic (exact) mass is 413 g/mol. The molecule has 3 heteroatoms. The third-order valence-corrected chi connectivity index (χ3v) is 5.63. The van der Waals surface area contributed by atoms with Crippen LogP contribution in [0.25, 0.3) is 6.08 Å². The molecule has 0 saturated heterocycles. The molecule has 0 amide bonds. The van der Waals surface area contributed by atoms with Crippen molar-refractivity contribution < 1.29 is 0 Å². The van der Waals surface area contributed by atoms with Gasteiger partial charge in [0.05, 0.1) is 11.7 Å². The van der Waals surface area contributed by atoms with Gasteiger partial charge in [-0.25, -0.2) is 10.0 Å². The maximum absolute atomic E-state index is 5.47. The summed E-state index contributed by atoms with van der Waals surface area (Å²) >= 11 is 0. The van der Waals surface area contributed by atoms with Crippen LogP contribution in [0.5, 0.6) is 0 Å². The van der Waals surface area contributed by atoms with Crippen molar-refractivity contribution in [1.82, 2.24) is 5.01 Å². The predicted octanol–water partition coefficient (Wildman–Crippen LogP) is 7.39. The van der Waals surface area contributed by atoms with E-state index in [0.29, 0.717) is 6.04 Å². The van der Waals surface area contributed by atoms with E-state index in [-0.39, 0.29) is 0 Å². The molecule has 31 heavy (non-hydrogen) atoms. The van der Waals surface area contributed by atoms with E-state index in [1.165, 1.54) is 24.8 Å². The topological polar surface area (TPSA) is 28.0 Å². The van der Waals surface area contributed by atoms with E-state index in [1.807, 2.05) is 30.2 Å². The molecule has 2 rings (SSSR count). The first kappa shape index (κ1) is 24.2. The summed E-state index contributed by atoms with van der Waals surface area (Å²) in [7, 11) is 0. The van der Waals surface area contributed by atoms with Crippen molar-refractivity contribution in [2.75, 3.05) is 0 Å². The third-order valence-electron chi connectivity index (χ3n) is 5.63. The van der Waals surface area contributed by atoms with Gasteiger partial charge in [0.25, 0.3) is 0 Å². The van der Waals surface area contributed by atoms with Gasteiger partial charge in [-0.1, -0.05) is 68.7 Å². The normalized spacial score (nSPS) is 15.5. The van der Waals surface area contributed by atoms with Crippen molar-refractivity contribution in [3.63, 3.8) is 0 Å². The number of rotatable bonds is 9. The summed E-state index contributed by atoms with van der Waals surface area (Å²) < 4.78 is 0. The number of nitrogens with zero attached hydrogens (tertiary/aromatic N) is 3. The Hall–Kier alpha value is -3.12. The highest BCUT2D eigenvalue weighted by atomic mass is 15.5. The quantitative estimate of drug-likeness (QED) is 0.136. The Morgan fingerprint density at radius 1 is 1.29 bits per heavy atom. The SMILES string of the molecule is C#CC(=C)CC/C=C(\C=C/C)C(=N/c1ccc(C)c(C=C)c1)/N(N=C)C1CCCCC1. The van der Waals surface area contributed by atoms with Crippen molar-refractivity contribution in [2.45, 2.75) is 64.8 Å². The van der Waals surface area contributed by atoms with Gasteiger partial charge >= 0.3 is 0 Å². The molecule has 0 unspecified atom stereocenters. The molecule has 0 bridgehead atoms. The number of aryl methyl sites for hydroxylation is 1. The van der Waals surface area contributed by atoms with E-state index >= 15 is 0 Å². The first-order valence-electron chi connectivity index (χ1n) is 11.1. The number of aliphatic imine (C=N–C) groups is 1. The van der Waals surface area contributed by atoms with Crippen LogP contribution in [0.4, 0.5) is 5.69 Å². The smallest absolute Gasteiger partial charge is 0.156 e. The largest absolute Gasteiger partial charge is 0.245 e. The second kappa shape index (κ2) is 12.5.